The summed E-state index contributed by atoms with van der Waals surface area (Å²) in [5.41, 5.74) is 1.64. The number of hydrogen-bond acceptors (Lipinski definition) is 5. The third-order valence-corrected chi connectivity index (χ3v) is 3.54. The van der Waals surface area contributed by atoms with E-state index < -0.39 is 5.82 Å². The van der Waals surface area contributed by atoms with Crippen LogP contribution in [-0.4, -0.2) is 20.9 Å². The molecule has 0 atom stereocenters. The van der Waals surface area contributed by atoms with Crippen LogP contribution < -0.4 is 10.6 Å². The fourth-order valence-corrected chi connectivity index (χ4v) is 2.19. The molecule has 2 aromatic heterocycles. The Morgan fingerprint density at radius 2 is 2.04 bits per heavy atom. The first-order valence-electron chi connectivity index (χ1n) is 7.33. The number of carbonyl (C=O) groups excluding carboxylic acids is 1. The maximum Gasteiger partial charge on any atom is 0.271 e. The van der Waals surface area contributed by atoms with Crippen molar-refractivity contribution < 1.29 is 9.18 Å². The van der Waals surface area contributed by atoms with Gasteiger partial charge in [0.15, 0.2) is 0 Å². The number of nitrogens with one attached hydrogen (secondary N) is 2. The molecule has 25 heavy (non-hydrogen) atoms. The molecule has 3 rings (SSSR count). The van der Waals surface area contributed by atoms with E-state index in [0.29, 0.717) is 18.1 Å². The zero-order valence-electron chi connectivity index (χ0n) is 12.9. The molecule has 3 aromatic rings. The summed E-state index contributed by atoms with van der Waals surface area (Å²) in [6, 6.07) is 7.87. The summed E-state index contributed by atoms with van der Waals surface area (Å²) in [7, 11) is 0. The van der Waals surface area contributed by atoms with Gasteiger partial charge >= 0.3 is 0 Å². The highest BCUT2D eigenvalue weighted by atomic mass is 35.5. The lowest BCUT2D eigenvalue weighted by atomic mass is 10.3. The minimum Gasteiger partial charge on any atom is -0.347 e. The fourth-order valence-electron chi connectivity index (χ4n) is 2.01. The standard InChI is InChI=1S/C17H13ClFN5O/c18-13-6-12(3-4-14(13)19)24-16-10-21-15(9-22-16)17(25)23-8-11-2-1-5-20-7-11/h1-7,9-10H,8H2,(H,22,24)(H,23,25). The third-order valence-electron chi connectivity index (χ3n) is 3.25. The SMILES string of the molecule is O=C(NCc1cccnc1)c1cnc(Nc2ccc(F)c(Cl)c2)cn1. The molecular weight excluding hydrogens is 345 g/mol. The topological polar surface area (TPSA) is 79.8 Å². The van der Waals surface area contributed by atoms with Gasteiger partial charge in [0.2, 0.25) is 0 Å². The van der Waals surface area contributed by atoms with Crippen LogP contribution in [0.3, 0.4) is 0 Å². The number of rotatable bonds is 5. The maximum absolute atomic E-state index is 13.1. The van der Waals surface area contributed by atoms with Crippen molar-refractivity contribution in [3.8, 4) is 0 Å². The molecule has 0 saturated carbocycles. The summed E-state index contributed by atoms with van der Waals surface area (Å²) in [5.74, 6) is -0.432. The highest BCUT2D eigenvalue weighted by Gasteiger charge is 2.08. The minimum absolute atomic E-state index is 0.00404. The van der Waals surface area contributed by atoms with Crippen LogP contribution in [0.5, 0.6) is 0 Å². The molecule has 0 aliphatic heterocycles. The lowest BCUT2D eigenvalue weighted by Gasteiger charge is -2.07. The summed E-state index contributed by atoms with van der Waals surface area (Å²) in [4.78, 5) is 24.2. The molecule has 1 aromatic carbocycles. The lowest BCUT2D eigenvalue weighted by Crippen LogP contribution is -2.24. The monoisotopic (exact) mass is 357 g/mol. The van der Waals surface area contributed by atoms with E-state index in [1.165, 1.54) is 30.6 Å². The maximum atomic E-state index is 13.1. The number of nitrogens with zero attached hydrogens (tertiary/aromatic N) is 3. The number of anilines is 2. The van der Waals surface area contributed by atoms with Gasteiger partial charge in [-0.05, 0) is 29.8 Å². The largest absolute Gasteiger partial charge is 0.347 e. The zero-order chi connectivity index (χ0) is 17.6. The second kappa shape index (κ2) is 7.67. The van der Waals surface area contributed by atoms with Crippen LogP contribution in [0.15, 0.2) is 55.1 Å². The molecule has 2 heterocycles. The van der Waals surface area contributed by atoms with E-state index in [0.717, 1.165) is 5.56 Å². The second-order valence-corrected chi connectivity index (χ2v) is 5.49. The molecular formula is C17H13ClFN5O. The van der Waals surface area contributed by atoms with Gasteiger partial charge in [0, 0.05) is 24.6 Å². The van der Waals surface area contributed by atoms with Crippen LogP contribution in [0.2, 0.25) is 5.02 Å². The Hall–Kier alpha value is -3.06. The second-order valence-electron chi connectivity index (χ2n) is 5.08. The molecule has 0 aliphatic carbocycles. The number of halogens is 2. The molecule has 0 unspecified atom stereocenters. The van der Waals surface area contributed by atoms with Crippen molar-refractivity contribution in [2.75, 3.05) is 5.32 Å². The Bertz CT molecular complexity index is 874. The van der Waals surface area contributed by atoms with Gasteiger partial charge in [0.05, 0.1) is 17.4 Å². The zero-order valence-corrected chi connectivity index (χ0v) is 13.7. The summed E-state index contributed by atoms with van der Waals surface area (Å²) < 4.78 is 13.1. The number of benzene rings is 1. The van der Waals surface area contributed by atoms with Gasteiger partial charge < -0.3 is 10.6 Å². The molecule has 8 heteroatoms. The molecule has 2 N–H and O–H groups in total. The summed E-state index contributed by atoms with van der Waals surface area (Å²) >= 11 is 5.72. The van der Waals surface area contributed by atoms with Crippen molar-refractivity contribution in [1.82, 2.24) is 20.3 Å². The normalized spacial score (nSPS) is 10.3. The average Bonchev–Trinajstić information content (AvgIpc) is 2.64. The predicted molar refractivity (Wildman–Crippen MR) is 92.1 cm³/mol. The lowest BCUT2D eigenvalue weighted by molar-refractivity contribution is 0.0945. The van der Waals surface area contributed by atoms with E-state index >= 15 is 0 Å². The van der Waals surface area contributed by atoms with Gasteiger partial charge in [0.1, 0.15) is 17.3 Å². The highest BCUT2D eigenvalue weighted by molar-refractivity contribution is 6.31. The average molecular weight is 358 g/mol. The quantitative estimate of drug-likeness (QED) is 0.732. The first kappa shape index (κ1) is 16.8. The Kier molecular flexibility index (Phi) is 5.15. The molecule has 6 nitrogen and oxygen atoms in total. The van der Waals surface area contributed by atoms with Crippen molar-refractivity contribution in [1.29, 1.82) is 0 Å². The van der Waals surface area contributed by atoms with Gasteiger partial charge in [-0.1, -0.05) is 17.7 Å². The highest BCUT2D eigenvalue weighted by Crippen LogP contribution is 2.21. The summed E-state index contributed by atoms with van der Waals surface area (Å²) in [6.07, 6.45) is 6.10. The summed E-state index contributed by atoms with van der Waals surface area (Å²) in [6.45, 7) is 0.350. The van der Waals surface area contributed by atoms with E-state index in [9.17, 15) is 9.18 Å². The smallest absolute Gasteiger partial charge is 0.271 e. The van der Waals surface area contributed by atoms with Crippen LogP contribution >= 0.6 is 11.6 Å². The van der Waals surface area contributed by atoms with E-state index in [-0.39, 0.29) is 16.6 Å². The number of carbonyl (C=O) groups is 1. The van der Waals surface area contributed by atoms with E-state index in [2.05, 4.69) is 25.6 Å². The van der Waals surface area contributed by atoms with Crippen LogP contribution in [0.1, 0.15) is 16.1 Å². The Labute approximate surface area is 148 Å². The van der Waals surface area contributed by atoms with E-state index in [1.54, 1.807) is 18.5 Å². The van der Waals surface area contributed by atoms with Crippen LogP contribution in [0, 0.1) is 5.82 Å². The minimum atomic E-state index is -0.501. The van der Waals surface area contributed by atoms with Gasteiger partial charge in [-0.2, -0.15) is 0 Å². The van der Waals surface area contributed by atoms with E-state index in [1.807, 2.05) is 6.07 Å². The third kappa shape index (κ3) is 4.48. The van der Waals surface area contributed by atoms with Gasteiger partial charge in [0.25, 0.3) is 5.91 Å². The predicted octanol–water partition coefficient (Wildman–Crippen LogP) is 3.34. The van der Waals surface area contributed by atoms with Gasteiger partial charge in [-0.25, -0.2) is 14.4 Å². The van der Waals surface area contributed by atoms with Gasteiger partial charge in [-0.15, -0.1) is 0 Å². The fraction of sp³-hybridized carbons (Fsp3) is 0.0588. The molecule has 0 radical (unpaired) electrons. The number of hydrogen-bond donors (Lipinski definition) is 2. The van der Waals surface area contributed by atoms with Crippen molar-refractivity contribution in [2.45, 2.75) is 6.54 Å². The molecule has 0 saturated heterocycles. The first-order chi connectivity index (χ1) is 12.1. The molecule has 1 amide bonds. The number of pyridine rings is 1. The molecule has 126 valence electrons. The number of aromatic nitrogens is 3. The van der Waals surface area contributed by atoms with Crippen LogP contribution in [-0.2, 0) is 6.54 Å². The first-order valence-corrected chi connectivity index (χ1v) is 7.71. The molecule has 0 spiro atoms. The number of amides is 1. The van der Waals surface area contributed by atoms with Gasteiger partial charge in [-0.3, -0.25) is 9.78 Å². The van der Waals surface area contributed by atoms with Crippen LogP contribution in [0.4, 0.5) is 15.9 Å². The van der Waals surface area contributed by atoms with Crippen LogP contribution in [0.25, 0.3) is 0 Å². The van der Waals surface area contributed by atoms with E-state index in [4.69, 9.17) is 11.6 Å². The van der Waals surface area contributed by atoms with Crippen molar-refractivity contribution in [3.05, 3.63) is 77.2 Å². The van der Waals surface area contributed by atoms with Crippen molar-refractivity contribution in [2.24, 2.45) is 0 Å². The Morgan fingerprint density at radius 1 is 1.16 bits per heavy atom. The molecule has 0 aliphatic rings. The molecule has 0 bridgehead atoms. The van der Waals surface area contributed by atoms with Crippen molar-refractivity contribution >= 4 is 29.0 Å². The summed E-state index contributed by atoms with van der Waals surface area (Å²) in [5, 5.41) is 5.67. The molecule has 0 fully saturated rings. The van der Waals surface area contributed by atoms with Crippen molar-refractivity contribution in [3.63, 3.8) is 0 Å². The Morgan fingerprint density at radius 3 is 2.72 bits per heavy atom. The Balaban J connectivity index is 1.61.